The minimum atomic E-state index is -0.593. The fraction of sp³-hybridized carbons (Fsp3) is 0.143. The van der Waals surface area contributed by atoms with Crippen LogP contribution >= 0.6 is 27.5 Å². The first-order valence-electron chi connectivity index (χ1n) is 2.78. The Morgan fingerprint density at radius 2 is 1.80 bits per heavy atom. The molecule has 0 heterocycles. The number of alkyl halides is 1. The molecule has 0 saturated carbocycles. The molecule has 0 spiro atoms. The fourth-order valence-electron chi connectivity index (χ4n) is 0.622. The Hall–Kier alpha value is -0.0500. The SMILES string of the molecule is OC(Br)c1ccc(Cl)cc1. The summed E-state index contributed by atoms with van der Waals surface area (Å²) < 4.78 is 0. The van der Waals surface area contributed by atoms with Crippen LogP contribution in [0.3, 0.4) is 0 Å². The third-order valence-corrected chi connectivity index (χ3v) is 1.93. The standard InChI is InChI=1S/C7H6BrClO/c8-7(10)5-1-3-6(9)4-2-5/h1-4,7,10H. The van der Waals surface area contributed by atoms with E-state index in [0.717, 1.165) is 5.56 Å². The van der Waals surface area contributed by atoms with Gasteiger partial charge in [0.25, 0.3) is 0 Å². The minimum absolute atomic E-state index is 0.593. The third-order valence-electron chi connectivity index (χ3n) is 1.15. The Labute approximate surface area is 72.8 Å². The molecule has 54 valence electrons. The van der Waals surface area contributed by atoms with Crippen LogP contribution in [-0.4, -0.2) is 5.11 Å². The van der Waals surface area contributed by atoms with Crippen LogP contribution in [0.2, 0.25) is 5.02 Å². The van der Waals surface area contributed by atoms with Crippen molar-refractivity contribution in [3.63, 3.8) is 0 Å². The van der Waals surface area contributed by atoms with E-state index in [0.29, 0.717) is 5.02 Å². The van der Waals surface area contributed by atoms with Crippen molar-refractivity contribution in [2.75, 3.05) is 0 Å². The van der Waals surface area contributed by atoms with Crippen molar-refractivity contribution in [3.05, 3.63) is 34.9 Å². The molecule has 3 heteroatoms. The summed E-state index contributed by atoms with van der Waals surface area (Å²) >= 11 is 8.64. The van der Waals surface area contributed by atoms with Crippen LogP contribution < -0.4 is 0 Å². The lowest BCUT2D eigenvalue weighted by Gasteiger charge is -2.00. The van der Waals surface area contributed by atoms with E-state index < -0.39 is 5.01 Å². The van der Waals surface area contributed by atoms with Gasteiger partial charge in [-0.2, -0.15) is 0 Å². The molecule has 0 aliphatic rings. The molecule has 1 N–H and O–H groups in total. The van der Waals surface area contributed by atoms with Gasteiger partial charge in [-0.15, -0.1) is 0 Å². The molecule has 1 nitrogen and oxygen atoms in total. The van der Waals surface area contributed by atoms with Gasteiger partial charge in [0.15, 0.2) is 0 Å². The molecular weight excluding hydrogens is 215 g/mol. The quantitative estimate of drug-likeness (QED) is 0.723. The molecule has 0 amide bonds. The molecule has 0 fully saturated rings. The molecule has 1 aromatic rings. The molecule has 1 aromatic carbocycles. The zero-order valence-corrected chi connectivity index (χ0v) is 7.43. The Morgan fingerprint density at radius 1 is 1.30 bits per heavy atom. The maximum Gasteiger partial charge on any atom is 0.134 e. The summed E-state index contributed by atoms with van der Waals surface area (Å²) in [5.74, 6) is 0. The molecular formula is C7H6BrClO. The van der Waals surface area contributed by atoms with Crippen LogP contribution in [0.1, 0.15) is 10.6 Å². The van der Waals surface area contributed by atoms with Crippen molar-refractivity contribution in [2.45, 2.75) is 5.01 Å². The largest absolute Gasteiger partial charge is 0.377 e. The Bertz CT molecular complexity index is 207. The smallest absolute Gasteiger partial charge is 0.134 e. The maximum absolute atomic E-state index is 8.99. The monoisotopic (exact) mass is 220 g/mol. The second kappa shape index (κ2) is 3.37. The highest BCUT2D eigenvalue weighted by Gasteiger charge is 1.99. The van der Waals surface area contributed by atoms with Crippen LogP contribution in [0.5, 0.6) is 0 Å². The summed E-state index contributed by atoms with van der Waals surface area (Å²) in [6, 6.07) is 7.01. The molecule has 0 bridgehead atoms. The third kappa shape index (κ3) is 1.97. The van der Waals surface area contributed by atoms with Gasteiger partial charge in [0.1, 0.15) is 5.01 Å². The lowest BCUT2D eigenvalue weighted by molar-refractivity contribution is 0.277. The van der Waals surface area contributed by atoms with E-state index in [9.17, 15) is 0 Å². The number of aliphatic hydroxyl groups is 1. The second-order valence-electron chi connectivity index (χ2n) is 1.89. The van der Waals surface area contributed by atoms with E-state index in [4.69, 9.17) is 16.7 Å². The Morgan fingerprint density at radius 3 is 2.20 bits per heavy atom. The molecule has 0 aromatic heterocycles. The first-order chi connectivity index (χ1) is 4.70. The highest BCUT2D eigenvalue weighted by atomic mass is 79.9. The highest BCUT2D eigenvalue weighted by Crippen LogP contribution is 2.20. The number of hydrogen-bond donors (Lipinski definition) is 1. The topological polar surface area (TPSA) is 20.2 Å². The molecule has 1 unspecified atom stereocenters. The predicted molar refractivity (Wildman–Crippen MR) is 45.3 cm³/mol. The number of benzene rings is 1. The van der Waals surface area contributed by atoms with Crippen molar-refractivity contribution in [1.82, 2.24) is 0 Å². The van der Waals surface area contributed by atoms with Crippen LogP contribution in [0.15, 0.2) is 24.3 Å². The minimum Gasteiger partial charge on any atom is -0.377 e. The highest BCUT2D eigenvalue weighted by molar-refractivity contribution is 9.09. The summed E-state index contributed by atoms with van der Waals surface area (Å²) in [6.07, 6.45) is 0. The van der Waals surface area contributed by atoms with Crippen molar-refractivity contribution in [3.8, 4) is 0 Å². The molecule has 1 rings (SSSR count). The lowest BCUT2D eigenvalue weighted by Crippen LogP contribution is -1.84. The van der Waals surface area contributed by atoms with E-state index in [1.54, 1.807) is 24.3 Å². The summed E-state index contributed by atoms with van der Waals surface area (Å²) in [5, 5.41) is 9.07. The fourth-order valence-corrected chi connectivity index (χ4v) is 1.05. The Kier molecular flexibility index (Phi) is 2.72. The maximum atomic E-state index is 8.99. The number of rotatable bonds is 1. The average Bonchev–Trinajstić information content (AvgIpc) is 1.88. The van der Waals surface area contributed by atoms with Crippen molar-refractivity contribution >= 4 is 27.5 Å². The van der Waals surface area contributed by atoms with E-state index in [2.05, 4.69) is 15.9 Å². The van der Waals surface area contributed by atoms with Gasteiger partial charge >= 0.3 is 0 Å². The predicted octanol–water partition coefficient (Wildman–Crippen LogP) is 2.73. The number of halogens is 2. The zero-order chi connectivity index (χ0) is 7.56. The van der Waals surface area contributed by atoms with Gasteiger partial charge in [-0.05, 0) is 17.7 Å². The van der Waals surface area contributed by atoms with Gasteiger partial charge in [0.2, 0.25) is 0 Å². The first kappa shape index (κ1) is 8.05. The van der Waals surface area contributed by atoms with Gasteiger partial charge < -0.3 is 5.11 Å². The van der Waals surface area contributed by atoms with Crippen LogP contribution in [0, 0.1) is 0 Å². The van der Waals surface area contributed by atoms with E-state index in [-0.39, 0.29) is 0 Å². The summed E-state index contributed by atoms with van der Waals surface area (Å²) in [7, 11) is 0. The number of hydrogen-bond acceptors (Lipinski definition) is 1. The molecule has 0 aliphatic heterocycles. The van der Waals surface area contributed by atoms with E-state index >= 15 is 0 Å². The molecule has 0 saturated heterocycles. The summed E-state index contributed by atoms with van der Waals surface area (Å²) in [6.45, 7) is 0. The molecule has 0 aliphatic carbocycles. The van der Waals surface area contributed by atoms with Gasteiger partial charge in [-0.1, -0.05) is 39.7 Å². The molecule has 1 atom stereocenters. The second-order valence-corrected chi connectivity index (χ2v) is 3.19. The average molecular weight is 221 g/mol. The Balaban J connectivity index is 2.89. The van der Waals surface area contributed by atoms with Crippen LogP contribution in [0.25, 0.3) is 0 Å². The molecule has 10 heavy (non-hydrogen) atoms. The molecule has 0 radical (unpaired) electrons. The van der Waals surface area contributed by atoms with Crippen LogP contribution in [0.4, 0.5) is 0 Å². The number of aliphatic hydroxyl groups excluding tert-OH is 1. The van der Waals surface area contributed by atoms with Crippen molar-refractivity contribution < 1.29 is 5.11 Å². The summed E-state index contributed by atoms with van der Waals surface area (Å²) in [4.78, 5) is 0. The zero-order valence-electron chi connectivity index (χ0n) is 5.09. The van der Waals surface area contributed by atoms with Crippen molar-refractivity contribution in [1.29, 1.82) is 0 Å². The van der Waals surface area contributed by atoms with Gasteiger partial charge in [-0.3, -0.25) is 0 Å². The van der Waals surface area contributed by atoms with Gasteiger partial charge in [-0.25, -0.2) is 0 Å². The first-order valence-corrected chi connectivity index (χ1v) is 4.07. The normalized spacial score (nSPS) is 13.1. The van der Waals surface area contributed by atoms with Gasteiger partial charge in [0.05, 0.1) is 0 Å². The van der Waals surface area contributed by atoms with Crippen LogP contribution in [-0.2, 0) is 0 Å². The lowest BCUT2D eigenvalue weighted by atomic mass is 10.2. The van der Waals surface area contributed by atoms with E-state index in [1.165, 1.54) is 0 Å². The summed E-state index contributed by atoms with van der Waals surface area (Å²) in [5.41, 5.74) is 0.810. The van der Waals surface area contributed by atoms with Gasteiger partial charge in [0, 0.05) is 5.02 Å². The van der Waals surface area contributed by atoms with E-state index in [1.807, 2.05) is 0 Å². The van der Waals surface area contributed by atoms with Crippen molar-refractivity contribution in [2.24, 2.45) is 0 Å².